The second-order valence-electron chi connectivity index (χ2n) is 5.44. The molecular formula is C17H20N4O2S2. The van der Waals surface area contributed by atoms with Gasteiger partial charge in [0.15, 0.2) is 10.8 Å². The van der Waals surface area contributed by atoms with E-state index in [4.69, 9.17) is 0 Å². The summed E-state index contributed by atoms with van der Waals surface area (Å²) in [7, 11) is -3.51. The van der Waals surface area contributed by atoms with Gasteiger partial charge in [0.1, 0.15) is 0 Å². The largest absolute Gasteiger partial charge is 0.276 e. The molecule has 0 saturated heterocycles. The third-order valence-corrected chi connectivity index (χ3v) is 6.95. The predicted molar refractivity (Wildman–Crippen MR) is 99.1 cm³/mol. The molecule has 8 heteroatoms. The number of sulfonamides is 1. The minimum absolute atomic E-state index is 0.255. The Kier molecular flexibility index (Phi) is 5.41. The lowest BCUT2D eigenvalue weighted by Crippen LogP contribution is -2.30. The molecule has 0 amide bonds. The first-order valence-corrected chi connectivity index (χ1v) is 10.5. The molecule has 3 rings (SSSR count). The summed E-state index contributed by atoms with van der Waals surface area (Å²) in [6.45, 7) is 4.54. The Hall–Kier alpha value is -1.90. The van der Waals surface area contributed by atoms with Crippen molar-refractivity contribution in [3.63, 3.8) is 0 Å². The topological polar surface area (TPSA) is 67.6 Å². The summed E-state index contributed by atoms with van der Waals surface area (Å²) in [6.07, 6.45) is 1.61. The lowest BCUT2D eigenvalue weighted by molar-refractivity contribution is 0.445. The third kappa shape index (κ3) is 3.70. The maximum atomic E-state index is 12.7. The molecule has 0 radical (unpaired) electrons. The van der Waals surface area contributed by atoms with Gasteiger partial charge in [0, 0.05) is 25.0 Å². The van der Waals surface area contributed by atoms with E-state index < -0.39 is 10.0 Å². The molecule has 2 heterocycles. The molecule has 0 atom stereocenters. The van der Waals surface area contributed by atoms with E-state index >= 15 is 0 Å². The fourth-order valence-electron chi connectivity index (χ4n) is 2.54. The van der Waals surface area contributed by atoms with Crippen LogP contribution in [0.5, 0.6) is 0 Å². The standard InChI is InChI=1S/C17H20N4O2S2/c1-3-20(4-2)25(22,23)15-10-11-16-18-19-17(21(16)12-15)24-13-14-8-6-5-7-9-14/h5-12H,3-4,13H2,1-2H3. The maximum Gasteiger partial charge on any atom is 0.244 e. The highest BCUT2D eigenvalue weighted by Gasteiger charge is 2.22. The third-order valence-electron chi connectivity index (χ3n) is 3.90. The van der Waals surface area contributed by atoms with E-state index in [1.54, 1.807) is 22.7 Å². The van der Waals surface area contributed by atoms with Gasteiger partial charge < -0.3 is 0 Å². The highest BCUT2D eigenvalue weighted by molar-refractivity contribution is 7.98. The molecular weight excluding hydrogens is 356 g/mol. The average molecular weight is 377 g/mol. The van der Waals surface area contributed by atoms with Gasteiger partial charge in [0.2, 0.25) is 10.0 Å². The molecule has 1 aromatic carbocycles. The summed E-state index contributed by atoms with van der Waals surface area (Å²) in [5, 5.41) is 8.99. The molecule has 0 saturated carbocycles. The van der Waals surface area contributed by atoms with Crippen LogP contribution >= 0.6 is 11.8 Å². The molecule has 0 spiro atoms. The quantitative estimate of drug-likeness (QED) is 0.593. The number of benzene rings is 1. The van der Waals surface area contributed by atoms with E-state index in [1.165, 1.54) is 21.6 Å². The molecule has 0 bridgehead atoms. The predicted octanol–water partition coefficient (Wildman–Crippen LogP) is 3.05. The van der Waals surface area contributed by atoms with Crippen LogP contribution in [0.2, 0.25) is 0 Å². The van der Waals surface area contributed by atoms with Crippen LogP contribution in [0.15, 0.2) is 58.7 Å². The maximum absolute atomic E-state index is 12.7. The van der Waals surface area contributed by atoms with Gasteiger partial charge in [-0.2, -0.15) is 4.31 Å². The van der Waals surface area contributed by atoms with Gasteiger partial charge in [0.05, 0.1) is 4.90 Å². The SMILES string of the molecule is CCN(CC)S(=O)(=O)c1ccc2nnc(SCc3ccccc3)n2c1. The number of hydrogen-bond acceptors (Lipinski definition) is 5. The van der Waals surface area contributed by atoms with Crippen molar-refractivity contribution in [2.75, 3.05) is 13.1 Å². The van der Waals surface area contributed by atoms with Gasteiger partial charge in [-0.15, -0.1) is 10.2 Å². The van der Waals surface area contributed by atoms with Crippen molar-refractivity contribution in [3.05, 3.63) is 54.2 Å². The highest BCUT2D eigenvalue weighted by Crippen LogP contribution is 2.24. The van der Waals surface area contributed by atoms with Crippen LogP contribution in [0.1, 0.15) is 19.4 Å². The van der Waals surface area contributed by atoms with Gasteiger partial charge in [-0.3, -0.25) is 4.40 Å². The van der Waals surface area contributed by atoms with Crippen molar-refractivity contribution in [2.45, 2.75) is 29.7 Å². The van der Waals surface area contributed by atoms with Crippen LogP contribution in [-0.4, -0.2) is 40.4 Å². The Labute approximate surface area is 151 Å². The van der Waals surface area contributed by atoms with Crippen LogP contribution < -0.4 is 0 Å². The van der Waals surface area contributed by atoms with E-state index in [0.717, 1.165) is 5.75 Å². The minimum Gasteiger partial charge on any atom is -0.276 e. The number of rotatable bonds is 7. The van der Waals surface area contributed by atoms with Crippen molar-refractivity contribution in [3.8, 4) is 0 Å². The fraction of sp³-hybridized carbons (Fsp3) is 0.294. The minimum atomic E-state index is -3.51. The molecule has 25 heavy (non-hydrogen) atoms. The second-order valence-corrected chi connectivity index (χ2v) is 8.32. The summed E-state index contributed by atoms with van der Waals surface area (Å²) < 4.78 is 28.6. The molecule has 0 aliphatic carbocycles. The Morgan fingerprint density at radius 3 is 2.44 bits per heavy atom. The van der Waals surface area contributed by atoms with Crippen molar-refractivity contribution in [1.29, 1.82) is 0 Å². The van der Waals surface area contributed by atoms with Gasteiger partial charge in [-0.05, 0) is 17.7 Å². The zero-order valence-corrected chi connectivity index (χ0v) is 15.8. The summed E-state index contributed by atoms with van der Waals surface area (Å²) >= 11 is 1.53. The number of thioether (sulfide) groups is 1. The summed E-state index contributed by atoms with van der Waals surface area (Å²) in [5.41, 5.74) is 1.81. The van der Waals surface area contributed by atoms with Crippen molar-refractivity contribution >= 4 is 27.4 Å². The van der Waals surface area contributed by atoms with Crippen molar-refractivity contribution < 1.29 is 8.42 Å². The van der Waals surface area contributed by atoms with Crippen LogP contribution in [0.4, 0.5) is 0 Å². The molecule has 0 aliphatic rings. The number of fused-ring (bicyclic) bond motifs is 1. The molecule has 0 N–H and O–H groups in total. The number of aromatic nitrogens is 3. The van der Waals surface area contributed by atoms with E-state index in [1.807, 2.05) is 44.2 Å². The summed E-state index contributed by atoms with van der Waals surface area (Å²) in [4.78, 5) is 0.255. The zero-order chi connectivity index (χ0) is 17.9. The first kappa shape index (κ1) is 17.9. The summed E-state index contributed by atoms with van der Waals surface area (Å²) in [6, 6.07) is 13.3. The number of nitrogens with zero attached hydrogens (tertiary/aromatic N) is 4. The monoisotopic (exact) mass is 376 g/mol. The molecule has 0 unspecified atom stereocenters. The van der Waals surface area contributed by atoms with Crippen LogP contribution in [0, 0.1) is 0 Å². The number of hydrogen-bond donors (Lipinski definition) is 0. The second kappa shape index (κ2) is 7.55. The van der Waals surface area contributed by atoms with Crippen LogP contribution in [-0.2, 0) is 15.8 Å². The van der Waals surface area contributed by atoms with E-state index in [0.29, 0.717) is 23.9 Å². The first-order valence-electron chi connectivity index (χ1n) is 8.08. The molecule has 6 nitrogen and oxygen atoms in total. The smallest absolute Gasteiger partial charge is 0.244 e. The Bertz CT molecular complexity index is 951. The Morgan fingerprint density at radius 1 is 1.04 bits per heavy atom. The lowest BCUT2D eigenvalue weighted by Gasteiger charge is -2.18. The van der Waals surface area contributed by atoms with Crippen LogP contribution in [0.3, 0.4) is 0 Å². The van der Waals surface area contributed by atoms with E-state index in [9.17, 15) is 8.42 Å². The lowest BCUT2D eigenvalue weighted by atomic mass is 10.2. The average Bonchev–Trinajstić information content (AvgIpc) is 3.04. The molecule has 132 valence electrons. The molecule has 0 aliphatic heterocycles. The zero-order valence-electron chi connectivity index (χ0n) is 14.2. The first-order chi connectivity index (χ1) is 12.1. The van der Waals surface area contributed by atoms with Gasteiger partial charge in [-0.25, -0.2) is 8.42 Å². The highest BCUT2D eigenvalue weighted by atomic mass is 32.2. The summed E-state index contributed by atoms with van der Waals surface area (Å²) in [5.74, 6) is 0.745. The van der Waals surface area contributed by atoms with E-state index in [-0.39, 0.29) is 4.90 Å². The van der Waals surface area contributed by atoms with Crippen molar-refractivity contribution in [1.82, 2.24) is 18.9 Å². The Morgan fingerprint density at radius 2 is 1.76 bits per heavy atom. The van der Waals surface area contributed by atoms with E-state index in [2.05, 4.69) is 10.2 Å². The number of pyridine rings is 1. The normalized spacial score (nSPS) is 12.1. The van der Waals surface area contributed by atoms with Gasteiger partial charge in [0.25, 0.3) is 0 Å². The van der Waals surface area contributed by atoms with Crippen LogP contribution in [0.25, 0.3) is 5.65 Å². The van der Waals surface area contributed by atoms with Gasteiger partial charge in [-0.1, -0.05) is 55.9 Å². The Balaban J connectivity index is 1.92. The van der Waals surface area contributed by atoms with Crippen molar-refractivity contribution in [2.24, 2.45) is 0 Å². The molecule has 0 fully saturated rings. The molecule has 3 aromatic rings. The molecule has 2 aromatic heterocycles. The van der Waals surface area contributed by atoms with Gasteiger partial charge >= 0.3 is 0 Å². The fourth-order valence-corrected chi connectivity index (χ4v) is 4.86.